The van der Waals surface area contributed by atoms with Crippen LogP contribution in [0.5, 0.6) is 0 Å². The molecule has 0 saturated heterocycles. The van der Waals surface area contributed by atoms with E-state index in [-0.39, 0.29) is 5.78 Å². The summed E-state index contributed by atoms with van der Waals surface area (Å²) < 4.78 is 0. The summed E-state index contributed by atoms with van der Waals surface area (Å²) in [6.07, 6.45) is 9.71. The molecule has 0 heterocycles. The van der Waals surface area contributed by atoms with Gasteiger partial charge in [0.25, 0.3) is 0 Å². The van der Waals surface area contributed by atoms with Crippen LogP contribution in [0.2, 0.25) is 0 Å². The maximum Gasteiger partial charge on any atom is 0.156 e. The normalized spacial score (nSPS) is 16.1. The van der Waals surface area contributed by atoms with E-state index in [1.807, 2.05) is 0 Å². The van der Waals surface area contributed by atoms with E-state index < -0.39 is 0 Å². The summed E-state index contributed by atoms with van der Waals surface area (Å²) in [6, 6.07) is 8.60. The van der Waals surface area contributed by atoms with Crippen LogP contribution >= 0.6 is 0 Å². The Morgan fingerprint density at radius 2 is 1.72 bits per heavy atom. The Labute approximate surface area is 105 Å². The predicted octanol–water partition coefficient (Wildman–Crippen LogP) is 1.94. The molecule has 0 N–H and O–H groups in total. The number of hydrogen-bond acceptors (Lipinski definition) is 1. The van der Waals surface area contributed by atoms with E-state index in [1.165, 1.54) is 27.1 Å². The summed E-state index contributed by atoms with van der Waals surface area (Å²) in [5.41, 5.74) is 2.64. The lowest BCUT2D eigenvalue weighted by atomic mass is 9.91. The van der Waals surface area contributed by atoms with Gasteiger partial charge >= 0.3 is 0 Å². The smallest absolute Gasteiger partial charge is 0.156 e. The molecule has 1 nitrogen and oxygen atoms in total. The van der Waals surface area contributed by atoms with E-state index in [4.69, 9.17) is 0 Å². The van der Waals surface area contributed by atoms with Crippen LogP contribution in [-0.4, -0.2) is 5.78 Å². The van der Waals surface area contributed by atoms with Crippen molar-refractivity contribution in [2.45, 2.75) is 12.8 Å². The molecular weight excluding hydrogens is 220 g/mol. The number of ketones is 1. The monoisotopic (exact) mass is 232 g/mol. The fraction of sp³-hybridized carbons (Fsp3) is 0.118. The average molecular weight is 232 g/mol. The standard InChI is InChI=1S/C17H12O/c18-13-6-9-15-12(10-13)5-8-16-14-3-1-2-11(14)4-7-17(15)16/h1-5,7-8,10H,6,9H2. The molecule has 86 valence electrons. The van der Waals surface area contributed by atoms with Crippen molar-refractivity contribution in [3.63, 3.8) is 0 Å². The molecule has 1 heteroatoms. The third-order valence-corrected chi connectivity index (χ3v) is 3.90. The van der Waals surface area contributed by atoms with Crippen molar-refractivity contribution in [3.8, 4) is 0 Å². The van der Waals surface area contributed by atoms with Crippen LogP contribution in [-0.2, 0) is 11.2 Å². The number of carbonyl (C=O) groups excluding carboxylic acids is 1. The molecule has 0 atom stereocenters. The Hall–Kier alpha value is -2.15. The molecule has 0 spiro atoms. The largest absolute Gasteiger partial charge is 0.295 e. The second-order valence-electron chi connectivity index (χ2n) is 4.93. The van der Waals surface area contributed by atoms with Gasteiger partial charge in [0.05, 0.1) is 0 Å². The van der Waals surface area contributed by atoms with Gasteiger partial charge in [-0.05, 0) is 44.8 Å². The summed E-state index contributed by atoms with van der Waals surface area (Å²) in [7, 11) is 0. The zero-order valence-electron chi connectivity index (χ0n) is 9.94. The maximum atomic E-state index is 11.5. The number of carbonyl (C=O) groups is 1. The topological polar surface area (TPSA) is 17.1 Å². The summed E-state index contributed by atoms with van der Waals surface area (Å²) in [5, 5.41) is 5.00. The van der Waals surface area contributed by atoms with Crippen molar-refractivity contribution in [1.29, 1.82) is 0 Å². The second-order valence-corrected chi connectivity index (χ2v) is 4.93. The Balaban J connectivity index is 2.19. The molecule has 4 rings (SSSR count). The van der Waals surface area contributed by atoms with Gasteiger partial charge in [-0.2, -0.15) is 0 Å². The third kappa shape index (κ3) is 1.25. The highest BCUT2D eigenvalue weighted by Gasteiger charge is 2.13. The number of hydrogen-bond donors (Lipinski definition) is 0. The van der Waals surface area contributed by atoms with Crippen LogP contribution < -0.4 is 10.4 Å². The van der Waals surface area contributed by atoms with Crippen LogP contribution in [0.3, 0.4) is 0 Å². The molecule has 2 aliphatic rings. The number of rotatable bonds is 0. The predicted molar refractivity (Wildman–Crippen MR) is 74.5 cm³/mol. The van der Waals surface area contributed by atoms with Gasteiger partial charge in [0.1, 0.15) is 0 Å². The molecule has 0 radical (unpaired) electrons. The number of fused-ring (bicyclic) bond motifs is 5. The van der Waals surface area contributed by atoms with Gasteiger partial charge in [-0.15, -0.1) is 0 Å². The van der Waals surface area contributed by atoms with Gasteiger partial charge in [0.15, 0.2) is 5.78 Å². The maximum absolute atomic E-state index is 11.5. The van der Waals surface area contributed by atoms with Crippen LogP contribution in [0, 0.1) is 0 Å². The first-order valence-electron chi connectivity index (χ1n) is 6.30. The Morgan fingerprint density at radius 3 is 2.67 bits per heavy atom. The van der Waals surface area contributed by atoms with Gasteiger partial charge in [0, 0.05) is 6.42 Å². The summed E-state index contributed by atoms with van der Waals surface area (Å²) in [6.45, 7) is 0. The number of allylic oxidation sites excluding steroid dienone is 1. The van der Waals surface area contributed by atoms with E-state index in [1.54, 1.807) is 6.08 Å². The van der Waals surface area contributed by atoms with Crippen LogP contribution in [0.25, 0.3) is 29.0 Å². The highest BCUT2D eigenvalue weighted by Crippen LogP contribution is 2.22. The summed E-state index contributed by atoms with van der Waals surface area (Å²) >= 11 is 0. The molecule has 0 aliphatic heterocycles. The Bertz CT molecular complexity index is 838. The lowest BCUT2D eigenvalue weighted by molar-refractivity contribution is -0.113. The minimum Gasteiger partial charge on any atom is -0.295 e. The van der Waals surface area contributed by atoms with Crippen LogP contribution in [0.1, 0.15) is 17.5 Å². The molecule has 0 bridgehead atoms. The molecule has 0 amide bonds. The molecule has 2 aliphatic carbocycles. The number of Topliss-reactive ketones (excluding diaryl/α,β-unsaturated/α-hetero) is 1. The second kappa shape index (κ2) is 3.42. The van der Waals surface area contributed by atoms with Gasteiger partial charge < -0.3 is 0 Å². The third-order valence-electron chi connectivity index (χ3n) is 3.90. The zero-order valence-corrected chi connectivity index (χ0v) is 9.94. The van der Waals surface area contributed by atoms with Crippen molar-refractivity contribution in [2.75, 3.05) is 0 Å². The quantitative estimate of drug-likeness (QED) is 0.678. The molecular formula is C17H12O. The van der Waals surface area contributed by atoms with E-state index in [9.17, 15) is 4.79 Å². The summed E-state index contributed by atoms with van der Waals surface area (Å²) in [4.78, 5) is 11.5. The van der Waals surface area contributed by atoms with Crippen molar-refractivity contribution in [3.05, 3.63) is 51.9 Å². The molecule has 0 unspecified atom stereocenters. The van der Waals surface area contributed by atoms with Crippen LogP contribution in [0.15, 0.2) is 30.3 Å². The molecule has 0 aromatic heterocycles. The molecule has 18 heavy (non-hydrogen) atoms. The first kappa shape index (κ1) is 9.84. The van der Waals surface area contributed by atoms with Gasteiger partial charge in [0.2, 0.25) is 0 Å². The Kier molecular flexibility index (Phi) is 1.87. The summed E-state index contributed by atoms with van der Waals surface area (Å²) in [5.74, 6) is 0.247. The fourth-order valence-electron chi connectivity index (χ4n) is 3.01. The van der Waals surface area contributed by atoms with Crippen molar-refractivity contribution >= 4 is 34.8 Å². The van der Waals surface area contributed by atoms with E-state index >= 15 is 0 Å². The highest BCUT2D eigenvalue weighted by atomic mass is 16.1. The Morgan fingerprint density at radius 1 is 0.889 bits per heavy atom. The van der Waals surface area contributed by atoms with Crippen molar-refractivity contribution < 1.29 is 4.79 Å². The lowest BCUT2D eigenvalue weighted by Gasteiger charge is -2.12. The van der Waals surface area contributed by atoms with Crippen molar-refractivity contribution in [2.24, 2.45) is 0 Å². The average Bonchev–Trinajstić information content (AvgIpc) is 2.86. The van der Waals surface area contributed by atoms with Gasteiger partial charge in [-0.25, -0.2) is 0 Å². The minimum absolute atomic E-state index is 0.247. The number of aryl methyl sites for hydroxylation is 1. The van der Waals surface area contributed by atoms with Gasteiger partial charge in [-0.3, -0.25) is 4.79 Å². The minimum atomic E-state index is 0.247. The first-order chi connectivity index (χ1) is 8.83. The highest BCUT2D eigenvalue weighted by molar-refractivity contribution is 6.08. The lowest BCUT2D eigenvalue weighted by Crippen LogP contribution is -2.19. The molecule has 0 fully saturated rings. The molecule has 0 saturated carbocycles. The van der Waals surface area contributed by atoms with Crippen molar-refractivity contribution in [1.82, 2.24) is 0 Å². The fourth-order valence-corrected chi connectivity index (χ4v) is 3.01. The number of benzene rings is 2. The zero-order chi connectivity index (χ0) is 12.1. The first-order valence-corrected chi connectivity index (χ1v) is 6.30. The van der Waals surface area contributed by atoms with E-state index in [0.717, 1.165) is 11.6 Å². The molecule has 2 aromatic rings. The van der Waals surface area contributed by atoms with Gasteiger partial charge in [-0.1, -0.05) is 42.5 Å². The van der Waals surface area contributed by atoms with Crippen LogP contribution in [0.4, 0.5) is 0 Å². The van der Waals surface area contributed by atoms with E-state index in [0.29, 0.717) is 6.42 Å². The SMILES string of the molecule is O=C1C=c2ccc3c4c(ccc3c2CC1)=CC=C4. The van der Waals surface area contributed by atoms with E-state index in [2.05, 4.69) is 42.5 Å². The molecule has 2 aromatic carbocycles.